The van der Waals surface area contributed by atoms with Crippen molar-refractivity contribution in [3.05, 3.63) is 35.1 Å². The first kappa shape index (κ1) is 10.7. The van der Waals surface area contributed by atoms with Crippen molar-refractivity contribution in [3.8, 4) is 0 Å². The summed E-state index contributed by atoms with van der Waals surface area (Å²) in [5.41, 5.74) is -0.0664. The van der Waals surface area contributed by atoms with Crippen molar-refractivity contribution < 1.29 is 19.1 Å². The minimum absolute atomic E-state index is 0.0926. The van der Waals surface area contributed by atoms with Gasteiger partial charge in [-0.2, -0.15) is 0 Å². The van der Waals surface area contributed by atoms with E-state index in [0.29, 0.717) is 0 Å². The van der Waals surface area contributed by atoms with E-state index in [0.717, 1.165) is 6.07 Å². The molecular weight excluding hydrogens is 211 g/mol. The predicted octanol–water partition coefficient (Wildman–Crippen LogP) is 1.83. The van der Waals surface area contributed by atoms with Crippen LogP contribution in [-0.4, -0.2) is 16.3 Å². The van der Waals surface area contributed by atoms with E-state index in [1.165, 1.54) is 12.1 Å². The third kappa shape index (κ3) is 2.53. The number of rotatable bonds is 3. The molecule has 1 aromatic carbocycles. The fourth-order valence-electron chi connectivity index (χ4n) is 0.973. The Bertz CT molecular complexity index is 390. The van der Waals surface area contributed by atoms with Crippen LogP contribution in [0.3, 0.4) is 0 Å². The predicted molar refractivity (Wildman–Crippen MR) is 47.9 cm³/mol. The van der Waals surface area contributed by atoms with Crippen molar-refractivity contribution in [1.82, 2.24) is 0 Å². The fraction of sp³-hybridized carbons (Fsp3) is 0.111. The molecule has 0 aliphatic heterocycles. The molecule has 3 nitrogen and oxygen atoms in total. The Balaban J connectivity index is 3.01. The third-order valence-electron chi connectivity index (χ3n) is 1.63. The van der Waals surface area contributed by atoms with Gasteiger partial charge in [0.1, 0.15) is 5.82 Å². The number of carboxylic acids is 1. The summed E-state index contributed by atoms with van der Waals surface area (Å²) in [5, 5.41) is 7.83. The molecule has 1 aromatic rings. The minimum Gasteiger partial charge on any atom is -0.478 e. The minimum atomic E-state index is -1.22. The van der Waals surface area contributed by atoms with Gasteiger partial charge >= 0.3 is 5.97 Å². The topological polar surface area (TPSA) is 54.4 Å². The van der Waals surface area contributed by atoms with Crippen molar-refractivity contribution in [2.45, 2.75) is 6.42 Å². The van der Waals surface area contributed by atoms with E-state index < -0.39 is 17.0 Å². The van der Waals surface area contributed by atoms with Crippen LogP contribution < -0.4 is 0 Å². The summed E-state index contributed by atoms with van der Waals surface area (Å²) < 4.78 is 13.1. The van der Waals surface area contributed by atoms with Gasteiger partial charge in [0.05, 0.1) is 5.56 Å². The number of carbonyl (C=O) groups excluding carboxylic acids is 1. The van der Waals surface area contributed by atoms with Crippen LogP contribution in [0.4, 0.5) is 4.39 Å². The number of benzene rings is 1. The maximum Gasteiger partial charge on any atom is 0.335 e. The Hall–Kier alpha value is -1.42. The zero-order valence-corrected chi connectivity index (χ0v) is 7.71. The van der Waals surface area contributed by atoms with Crippen LogP contribution in [0.15, 0.2) is 18.2 Å². The van der Waals surface area contributed by atoms with Crippen molar-refractivity contribution in [1.29, 1.82) is 0 Å². The van der Waals surface area contributed by atoms with Crippen molar-refractivity contribution in [2.75, 3.05) is 0 Å². The van der Waals surface area contributed by atoms with Crippen LogP contribution >= 0.6 is 11.6 Å². The monoisotopic (exact) mass is 216 g/mol. The number of carbonyl (C=O) groups is 2. The molecule has 0 aromatic heterocycles. The molecule has 1 rings (SSSR count). The number of carboxylic acid groups (broad SMARTS) is 1. The van der Waals surface area contributed by atoms with E-state index >= 15 is 0 Å². The van der Waals surface area contributed by atoms with Crippen molar-refractivity contribution >= 4 is 22.8 Å². The summed E-state index contributed by atoms with van der Waals surface area (Å²) in [7, 11) is 0. The van der Waals surface area contributed by atoms with Crippen LogP contribution in [0.1, 0.15) is 15.9 Å². The van der Waals surface area contributed by atoms with E-state index in [-0.39, 0.29) is 17.5 Å². The Morgan fingerprint density at radius 1 is 1.43 bits per heavy atom. The van der Waals surface area contributed by atoms with Gasteiger partial charge in [-0.1, -0.05) is 6.07 Å². The molecule has 0 aliphatic carbocycles. The highest BCUT2D eigenvalue weighted by Gasteiger charge is 2.09. The summed E-state index contributed by atoms with van der Waals surface area (Å²) in [6.07, 6.45) is -0.243. The lowest BCUT2D eigenvalue weighted by Crippen LogP contribution is -2.01. The quantitative estimate of drug-likeness (QED) is 0.785. The van der Waals surface area contributed by atoms with Gasteiger partial charge in [-0.15, -0.1) is 0 Å². The molecule has 5 heteroatoms. The standard InChI is InChI=1S/C9H6ClFO3/c10-8(12)4-5-1-2-6(9(13)14)3-7(5)11/h1-3H,4H2,(H,13,14). The van der Waals surface area contributed by atoms with E-state index in [4.69, 9.17) is 16.7 Å². The summed E-state index contributed by atoms with van der Waals surface area (Å²) >= 11 is 5.06. The van der Waals surface area contributed by atoms with Gasteiger partial charge in [0.25, 0.3) is 0 Å². The van der Waals surface area contributed by atoms with E-state index in [1.54, 1.807) is 0 Å². The molecule has 0 saturated carbocycles. The zero-order chi connectivity index (χ0) is 10.7. The number of hydrogen-bond donors (Lipinski definition) is 1. The summed E-state index contributed by atoms with van der Waals surface area (Å²) in [6, 6.07) is 3.32. The van der Waals surface area contributed by atoms with E-state index in [1.807, 2.05) is 0 Å². The number of halogens is 2. The first-order valence-electron chi connectivity index (χ1n) is 3.70. The fourth-order valence-corrected chi connectivity index (χ4v) is 1.12. The second-order valence-electron chi connectivity index (χ2n) is 2.64. The Morgan fingerprint density at radius 3 is 2.50 bits per heavy atom. The average Bonchev–Trinajstić information content (AvgIpc) is 2.07. The second-order valence-corrected chi connectivity index (χ2v) is 3.06. The molecule has 0 atom stereocenters. The van der Waals surface area contributed by atoms with Crippen LogP contribution in [0.25, 0.3) is 0 Å². The summed E-state index contributed by atoms with van der Waals surface area (Å²) in [6.45, 7) is 0. The van der Waals surface area contributed by atoms with Crippen molar-refractivity contribution in [2.24, 2.45) is 0 Å². The van der Waals surface area contributed by atoms with Gasteiger partial charge in [-0.05, 0) is 29.3 Å². The molecule has 0 aliphatic rings. The van der Waals surface area contributed by atoms with Crippen LogP contribution in [0.5, 0.6) is 0 Å². The summed E-state index contributed by atoms with van der Waals surface area (Å²) in [5.74, 6) is -1.95. The molecule has 0 fully saturated rings. The molecule has 0 radical (unpaired) electrons. The maximum atomic E-state index is 13.1. The lowest BCUT2D eigenvalue weighted by atomic mass is 10.1. The van der Waals surface area contributed by atoms with Gasteiger partial charge < -0.3 is 5.11 Å². The molecule has 0 heterocycles. The van der Waals surface area contributed by atoms with Crippen LogP contribution in [-0.2, 0) is 11.2 Å². The van der Waals surface area contributed by atoms with E-state index in [2.05, 4.69) is 0 Å². The molecule has 0 unspecified atom stereocenters. The smallest absolute Gasteiger partial charge is 0.335 e. The first-order valence-corrected chi connectivity index (χ1v) is 4.08. The number of hydrogen-bond acceptors (Lipinski definition) is 2. The lowest BCUT2D eigenvalue weighted by molar-refractivity contribution is -0.111. The molecule has 14 heavy (non-hydrogen) atoms. The maximum absolute atomic E-state index is 13.1. The molecule has 0 bridgehead atoms. The van der Waals surface area contributed by atoms with Crippen LogP contribution in [0, 0.1) is 5.82 Å². The normalized spacial score (nSPS) is 9.86. The van der Waals surface area contributed by atoms with Gasteiger partial charge in [-0.25, -0.2) is 9.18 Å². The Morgan fingerprint density at radius 2 is 2.07 bits per heavy atom. The highest BCUT2D eigenvalue weighted by atomic mass is 35.5. The van der Waals surface area contributed by atoms with Gasteiger partial charge in [0, 0.05) is 6.42 Å². The lowest BCUT2D eigenvalue weighted by Gasteiger charge is -2.00. The van der Waals surface area contributed by atoms with Gasteiger partial charge in [-0.3, -0.25) is 4.79 Å². The molecule has 0 amide bonds. The van der Waals surface area contributed by atoms with Crippen molar-refractivity contribution in [3.63, 3.8) is 0 Å². The molecular formula is C9H6ClFO3. The number of aromatic carboxylic acids is 1. The third-order valence-corrected chi connectivity index (χ3v) is 1.76. The second kappa shape index (κ2) is 4.19. The largest absolute Gasteiger partial charge is 0.478 e. The SMILES string of the molecule is O=C(Cl)Cc1ccc(C(=O)O)cc1F. The van der Waals surface area contributed by atoms with E-state index in [9.17, 15) is 14.0 Å². The average molecular weight is 217 g/mol. The molecule has 1 N–H and O–H groups in total. The Kier molecular flexibility index (Phi) is 3.19. The first-order chi connectivity index (χ1) is 6.50. The highest BCUT2D eigenvalue weighted by Crippen LogP contribution is 2.12. The van der Waals surface area contributed by atoms with Gasteiger partial charge in [0.2, 0.25) is 5.24 Å². The molecule has 0 saturated heterocycles. The molecule has 74 valence electrons. The van der Waals surface area contributed by atoms with Gasteiger partial charge in [0.15, 0.2) is 0 Å². The van der Waals surface area contributed by atoms with Crippen LogP contribution in [0.2, 0.25) is 0 Å². The Labute approximate surface area is 84.1 Å². The zero-order valence-electron chi connectivity index (χ0n) is 6.96. The highest BCUT2D eigenvalue weighted by molar-refractivity contribution is 6.63. The summed E-state index contributed by atoms with van der Waals surface area (Å²) in [4.78, 5) is 20.9. The molecule has 0 spiro atoms.